The molecule has 15 heavy (non-hydrogen) atoms. The van der Waals surface area contributed by atoms with E-state index >= 15 is 0 Å². The highest BCUT2D eigenvalue weighted by molar-refractivity contribution is 5.97. The molecule has 82 valence electrons. The molecule has 0 bridgehead atoms. The number of rotatable bonds is 3. The molecule has 0 aliphatic heterocycles. The highest BCUT2D eigenvalue weighted by atomic mass is 19.4. The highest BCUT2D eigenvalue weighted by Crippen LogP contribution is 2.31. The smallest absolute Gasteiger partial charge is 0.294 e. The van der Waals surface area contributed by atoms with Crippen molar-refractivity contribution >= 4 is 5.78 Å². The number of nitrogens with zero attached hydrogens (tertiary/aromatic N) is 1. The molecule has 5 heteroatoms. The quantitative estimate of drug-likeness (QED) is 0.728. The predicted molar refractivity (Wildman–Crippen MR) is 48.5 cm³/mol. The van der Waals surface area contributed by atoms with Crippen LogP contribution < -0.4 is 0 Å². The van der Waals surface area contributed by atoms with E-state index in [1.807, 2.05) is 0 Å². The second kappa shape index (κ2) is 4.42. The third-order valence-electron chi connectivity index (χ3n) is 1.90. The molecule has 1 aromatic heterocycles. The Morgan fingerprint density at radius 1 is 1.47 bits per heavy atom. The first-order valence-corrected chi connectivity index (χ1v) is 4.51. The van der Waals surface area contributed by atoms with Crippen LogP contribution in [-0.2, 0) is 6.18 Å². The van der Waals surface area contributed by atoms with Gasteiger partial charge in [-0.05, 0) is 12.5 Å². The Bertz CT molecular complexity index is 360. The number of halogens is 3. The van der Waals surface area contributed by atoms with Gasteiger partial charge in [-0.25, -0.2) is 0 Å². The molecule has 0 radical (unpaired) electrons. The van der Waals surface area contributed by atoms with E-state index in [2.05, 4.69) is 4.98 Å². The summed E-state index contributed by atoms with van der Waals surface area (Å²) in [6.07, 6.45) is -1.87. The Balaban J connectivity index is 3.12. The van der Waals surface area contributed by atoms with Crippen LogP contribution in [0.4, 0.5) is 13.2 Å². The number of hydrogen-bond acceptors (Lipinski definition) is 2. The molecule has 0 unspecified atom stereocenters. The predicted octanol–water partition coefficient (Wildman–Crippen LogP) is 3.08. The summed E-state index contributed by atoms with van der Waals surface area (Å²) >= 11 is 0. The van der Waals surface area contributed by atoms with Crippen LogP contribution in [0.1, 0.15) is 35.7 Å². The van der Waals surface area contributed by atoms with Crippen molar-refractivity contribution in [2.24, 2.45) is 0 Å². The summed E-state index contributed by atoms with van der Waals surface area (Å²) in [4.78, 5) is 14.9. The Kier molecular flexibility index (Phi) is 3.44. The van der Waals surface area contributed by atoms with Gasteiger partial charge >= 0.3 is 6.18 Å². The molecular formula is C10H10F3NO. The largest absolute Gasteiger partial charge is 0.417 e. The van der Waals surface area contributed by atoms with E-state index in [1.54, 1.807) is 6.92 Å². The van der Waals surface area contributed by atoms with E-state index in [0.29, 0.717) is 6.42 Å². The van der Waals surface area contributed by atoms with Crippen molar-refractivity contribution < 1.29 is 18.0 Å². The van der Waals surface area contributed by atoms with Crippen molar-refractivity contribution in [3.05, 3.63) is 29.6 Å². The number of carbonyl (C=O) groups is 1. The average molecular weight is 217 g/mol. The molecule has 0 aliphatic carbocycles. The van der Waals surface area contributed by atoms with Crippen molar-refractivity contribution in [1.82, 2.24) is 4.98 Å². The summed E-state index contributed by atoms with van der Waals surface area (Å²) in [5.74, 6) is -0.516. The molecule has 0 saturated heterocycles. The van der Waals surface area contributed by atoms with Gasteiger partial charge in [0.15, 0.2) is 5.78 Å². The minimum atomic E-state index is -4.50. The maximum Gasteiger partial charge on any atom is 0.417 e. The minimum Gasteiger partial charge on any atom is -0.294 e. The minimum absolute atomic E-state index is 0.106. The molecule has 0 fully saturated rings. The molecule has 0 aromatic carbocycles. The lowest BCUT2D eigenvalue weighted by molar-refractivity contribution is -0.138. The summed E-state index contributed by atoms with van der Waals surface area (Å²) < 4.78 is 37.4. The fourth-order valence-corrected chi connectivity index (χ4v) is 1.23. The molecular weight excluding hydrogens is 207 g/mol. The lowest BCUT2D eigenvalue weighted by Crippen LogP contribution is -2.13. The standard InChI is InChI=1S/C10H10F3NO/c1-2-3-9(15)7-6-14-5-4-8(7)10(11,12)13/h4-6H,2-3H2,1H3. The number of pyridine rings is 1. The van der Waals surface area contributed by atoms with Crippen LogP contribution >= 0.6 is 0 Å². The van der Waals surface area contributed by atoms with E-state index in [9.17, 15) is 18.0 Å². The van der Waals surface area contributed by atoms with Crippen LogP contribution in [0.3, 0.4) is 0 Å². The number of Topliss-reactive ketones (excluding diaryl/α,β-unsaturated/α-hetero) is 1. The molecule has 1 rings (SSSR count). The van der Waals surface area contributed by atoms with Crippen molar-refractivity contribution in [2.75, 3.05) is 0 Å². The van der Waals surface area contributed by atoms with Gasteiger partial charge in [-0.1, -0.05) is 6.92 Å². The van der Waals surface area contributed by atoms with Gasteiger partial charge in [0.2, 0.25) is 0 Å². The molecule has 2 nitrogen and oxygen atoms in total. The number of carbonyl (C=O) groups excluding carboxylic acids is 1. The van der Waals surface area contributed by atoms with E-state index in [1.165, 1.54) is 0 Å². The fraction of sp³-hybridized carbons (Fsp3) is 0.400. The van der Waals surface area contributed by atoms with Crippen LogP contribution in [0.2, 0.25) is 0 Å². The van der Waals surface area contributed by atoms with Crippen molar-refractivity contribution in [1.29, 1.82) is 0 Å². The second-order valence-electron chi connectivity index (χ2n) is 3.09. The maximum absolute atomic E-state index is 12.5. The monoisotopic (exact) mass is 217 g/mol. The molecule has 1 heterocycles. The zero-order chi connectivity index (χ0) is 11.5. The third-order valence-corrected chi connectivity index (χ3v) is 1.90. The fourth-order valence-electron chi connectivity index (χ4n) is 1.23. The lowest BCUT2D eigenvalue weighted by Gasteiger charge is -2.10. The molecule has 0 spiro atoms. The first-order chi connectivity index (χ1) is 6.96. The van der Waals surface area contributed by atoms with E-state index < -0.39 is 17.5 Å². The first-order valence-electron chi connectivity index (χ1n) is 4.51. The molecule has 0 atom stereocenters. The Hall–Kier alpha value is -1.39. The van der Waals surface area contributed by atoms with E-state index in [-0.39, 0.29) is 12.0 Å². The summed E-state index contributed by atoms with van der Waals surface area (Å²) in [5.41, 5.74) is -1.25. The van der Waals surface area contributed by atoms with Crippen LogP contribution in [0.15, 0.2) is 18.5 Å². The zero-order valence-electron chi connectivity index (χ0n) is 8.14. The topological polar surface area (TPSA) is 30.0 Å². The maximum atomic E-state index is 12.5. The van der Waals surface area contributed by atoms with Gasteiger partial charge in [0.1, 0.15) is 0 Å². The molecule has 0 amide bonds. The number of aromatic nitrogens is 1. The van der Waals surface area contributed by atoms with Gasteiger partial charge in [-0.3, -0.25) is 9.78 Å². The molecule has 0 saturated carbocycles. The van der Waals surface area contributed by atoms with Crippen LogP contribution in [0.5, 0.6) is 0 Å². The van der Waals surface area contributed by atoms with Crippen molar-refractivity contribution in [3.63, 3.8) is 0 Å². The highest BCUT2D eigenvalue weighted by Gasteiger charge is 2.34. The lowest BCUT2D eigenvalue weighted by atomic mass is 10.0. The van der Waals surface area contributed by atoms with Gasteiger partial charge < -0.3 is 0 Å². The van der Waals surface area contributed by atoms with Gasteiger partial charge in [-0.2, -0.15) is 13.2 Å². The second-order valence-corrected chi connectivity index (χ2v) is 3.09. The Labute approximate surface area is 85.1 Å². The van der Waals surface area contributed by atoms with E-state index in [4.69, 9.17) is 0 Å². The summed E-state index contributed by atoms with van der Waals surface area (Å²) in [7, 11) is 0. The molecule has 1 aromatic rings. The zero-order valence-corrected chi connectivity index (χ0v) is 8.14. The SMILES string of the molecule is CCCC(=O)c1cnccc1C(F)(F)F. The third kappa shape index (κ3) is 2.78. The van der Waals surface area contributed by atoms with Gasteiger partial charge in [-0.15, -0.1) is 0 Å². The van der Waals surface area contributed by atoms with Crippen molar-refractivity contribution in [3.8, 4) is 0 Å². The summed E-state index contributed by atoms with van der Waals surface area (Å²) in [6.45, 7) is 1.74. The number of hydrogen-bond donors (Lipinski definition) is 0. The van der Waals surface area contributed by atoms with Gasteiger partial charge in [0.25, 0.3) is 0 Å². The van der Waals surface area contributed by atoms with Gasteiger partial charge in [0.05, 0.1) is 5.56 Å². The number of ketones is 1. The van der Waals surface area contributed by atoms with Gasteiger partial charge in [0, 0.05) is 24.4 Å². The Morgan fingerprint density at radius 3 is 2.67 bits per heavy atom. The first kappa shape index (κ1) is 11.7. The Morgan fingerprint density at radius 2 is 2.13 bits per heavy atom. The summed E-state index contributed by atoms with van der Waals surface area (Å²) in [5, 5.41) is 0. The van der Waals surface area contributed by atoms with Crippen molar-refractivity contribution in [2.45, 2.75) is 25.9 Å². The molecule has 0 aliphatic rings. The van der Waals surface area contributed by atoms with Crippen LogP contribution in [0, 0.1) is 0 Å². The molecule has 0 N–H and O–H groups in total. The summed E-state index contributed by atoms with van der Waals surface area (Å²) in [6, 6.07) is 0.822. The average Bonchev–Trinajstić information content (AvgIpc) is 2.17. The van der Waals surface area contributed by atoms with Crippen LogP contribution in [0.25, 0.3) is 0 Å². The normalized spacial score (nSPS) is 11.5. The van der Waals surface area contributed by atoms with Crippen LogP contribution in [-0.4, -0.2) is 10.8 Å². The van der Waals surface area contributed by atoms with E-state index in [0.717, 1.165) is 18.5 Å². The number of alkyl halides is 3.